The molecule has 2 aliphatic carbocycles. The van der Waals surface area contributed by atoms with Gasteiger partial charge in [-0.1, -0.05) is 40.0 Å². The van der Waals surface area contributed by atoms with E-state index in [0.717, 1.165) is 51.4 Å². The van der Waals surface area contributed by atoms with Crippen LogP contribution in [0.25, 0.3) is 0 Å². The number of nitrogens with zero attached hydrogens (tertiary/aromatic N) is 1. The van der Waals surface area contributed by atoms with Crippen LogP contribution in [0.4, 0.5) is 0 Å². The van der Waals surface area contributed by atoms with Crippen molar-refractivity contribution in [2.75, 3.05) is 14.1 Å². The van der Waals surface area contributed by atoms with Crippen LogP contribution in [0.1, 0.15) is 78.6 Å². The molecule has 0 spiro atoms. The zero-order chi connectivity index (χ0) is 19.3. The topological polar surface area (TPSA) is 61.4 Å². The number of nitrogens with one attached hydrogen (secondary N) is 2. The first-order chi connectivity index (χ1) is 12.3. The quantitative estimate of drug-likeness (QED) is 0.695. The lowest BCUT2D eigenvalue weighted by Crippen LogP contribution is -2.64. The lowest BCUT2D eigenvalue weighted by atomic mass is 9.74. The first-order valence-corrected chi connectivity index (χ1v) is 10.6. The fraction of sp³-hybridized carbons (Fsp3) is 0.905. The average Bonchev–Trinajstić information content (AvgIpc) is 2.52. The van der Waals surface area contributed by atoms with Gasteiger partial charge in [0.15, 0.2) is 0 Å². The van der Waals surface area contributed by atoms with E-state index in [2.05, 4.69) is 36.3 Å². The highest BCUT2D eigenvalue weighted by Gasteiger charge is 2.47. The Labute approximate surface area is 159 Å². The summed E-state index contributed by atoms with van der Waals surface area (Å²) in [6.45, 7) is 6.52. The molecule has 0 heterocycles. The molecule has 0 radical (unpaired) electrons. The maximum Gasteiger partial charge on any atom is 0.240 e. The summed E-state index contributed by atoms with van der Waals surface area (Å²) in [5, 5.41) is 6.54. The van der Waals surface area contributed by atoms with E-state index in [0.29, 0.717) is 18.3 Å². The van der Waals surface area contributed by atoms with Crippen molar-refractivity contribution in [1.82, 2.24) is 15.5 Å². The van der Waals surface area contributed by atoms with Gasteiger partial charge in [-0.2, -0.15) is 0 Å². The molecule has 2 saturated carbocycles. The molecule has 2 rings (SSSR count). The maximum absolute atomic E-state index is 12.9. The first-order valence-electron chi connectivity index (χ1n) is 10.6. The molecule has 0 aromatic heterocycles. The second-order valence-electron chi connectivity index (χ2n) is 8.93. The molecule has 3 atom stereocenters. The van der Waals surface area contributed by atoms with Crippen molar-refractivity contribution < 1.29 is 9.59 Å². The Morgan fingerprint density at radius 1 is 1.04 bits per heavy atom. The molecule has 2 fully saturated rings. The highest BCUT2D eigenvalue weighted by molar-refractivity contribution is 5.87. The molecule has 2 aliphatic rings. The van der Waals surface area contributed by atoms with E-state index in [4.69, 9.17) is 0 Å². The van der Waals surface area contributed by atoms with Crippen LogP contribution in [0.15, 0.2) is 0 Å². The Morgan fingerprint density at radius 3 is 2.04 bits per heavy atom. The van der Waals surface area contributed by atoms with Crippen LogP contribution in [-0.4, -0.2) is 48.4 Å². The summed E-state index contributed by atoms with van der Waals surface area (Å²) in [5.41, 5.74) is -0.336. The number of hydrogen-bond acceptors (Lipinski definition) is 3. The minimum Gasteiger partial charge on any atom is -0.351 e. The molecule has 2 amide bonds. The van der Waals surface area contributed by atoms with E-state index in [1.807, 2.05) is 14.1 Å². The summed E-state index contributed by atoms with van der Waals surface area (Å²) in [6, 6.07) is 0.140. The monoisotopic (exact) mass is 365 g/mol. The van der Waals surface area contributed by atoms with E-state index in [9.17, 15) is 9.59 Å². The van der Waals surface area contributed by atoms with Gasteiger partial charge in [-0.15, -0.1) is 0 Å². The fourth-order valence-corrected chi connectivity index (χ4v) is 4.52. The van der Waals surface area contributed by atoms with Crippen LogP contribution in [0.5, 0.6) is 0 Å². The summed E-state index contributed by atoms with van der Waals surface area (Å²) in [6.07, 6.45) is 8.77. The maximum atomic E-state index is 12.9. The predicted molar refractivity (Wildman–Crippen MR) is 106 cm³/mol. The normalized spacial score (nSPS) is 26.3. The van der Waals surface area contributed by atoms with Crippen LogP contribution in [-0.2, 0) is 9.59 Å². The van der Waals surface area contributed by atoms with Crippen LogP contribution < -0.4 is 10.6 Å². The van der Waals surface area contributed by atoms with Gasteiger partial charge in [0.1, 0.15) is 0 Å². The van der Waals surface area contributed by atoms with E-state index >= 15 is 0 Å². The molecule has 0 aromatic carbocycles. The largest absolute Gasteiger partial charge is 0.351 e. The molecular weight excluding hydrogens is 326 g/mol. The van der Waals surface area contributed by atoms with Crippen molar-refractivity contribution in [1.29, 1.82) is 0 Å². The Hall–Kier alpha value is -1.10. The molecule has 0 aromatic rings. The molecular formula is C21H39N3O2. The number of hydrogen-bond donors (Lipinski definition) is 2. The van der Waals surface area contributed by atoms with Crippen LogP contribution in [0.3, 0.4) is 0 Å². The van der Waals surface area contributed by atoms with Crippen molar-refractivity contribution in [3.05, 3.63) is 0 Å². The highest BCUT2D eigenvalue weighted by atomic mass is 16.2. The third-order valence-electron chi connectivity index (χ3n) is 6.80. The average molecular weight is 366 g/mol. The van der Waals surface area contributed by atoms with Crippen molar-refractivity contribution in [2.24, 2.45) is 11.8 Å². The standard InChI is InChI=1S/C21H39N3O2/c1-6-16(15(2)3)14-19(25)22-17-10-7-8-11-18(17)23-20(26)21(24(4)5)12-9-13-21/h15-18H,6-14H2,1-5H3,(H,22,25)(H,23,26)/t16?,17-,18-/m1/s1. The van der Waals surface area contributed by atoms with Gasteiger partial charge in [0.25, 0.3) is 0 Å². The van der Waals surface area contributed by atoms with Gasteiger partial charge in [0.2, 0.25) is 11.8 Å². The van der Waals surface area contributed by atoms with Crippen LogP contribution in [0.2, 0.25) is 0 Å². The fourth-order valence-electron chi connectivity index (χ4n) is 4.52. The van der Waals surface area contributed by atoms with Gasteiger partial charge < -0.3 is 10.6 Å². The third kappa shape index (κ3) is 4.79. The van der Waals surface area contributed by atoms with Crippen molar-refractivity contribution in [3.8, 4) is 0 Å². The van der Waals surface area contributed by atoms with Gasteiger partial charge in [-0.25, -0.2) is 0 Å². The lowest BCUT2D eigenvalue weighted by molar-refractivity contribution is -0.139. The summed E-state index contributed by atoms with van der Waals surface area (Å²) in [4.78, 5) is 27.6. The van der Waals surface area contributed by atoms with Gasteiger partial charge >= 0.3 is 0 Å². The van der Waals surface area contributed by atoms with Crippen molar-refractivity contribution in [2.45, 2.75) is 96.2 Å². The Bertz CT molecular complexity index is 486. The van der Waals surface area contributed by atoms with Crippen molar-refractivity contribution in [3.63, 3.8) is 0 Å². The smallest absolute Gasteiger partial charge is 0.240 e. The van der Waals surface area contributed by atoms with E-state index in [1.54, 1.807) is 0 Å². The summed E-state index contributed by atoms with van der Waals surface area (Å²) in [7, 11) is 3.99. The number of amides is 2. The highest BCUT2D eigenvalue weighted by Crippen LogP contribution is 2.36. The summed E-state index contributed by atoms with van der Waals surface area (Å²) >= 11 is 0. The molecule has 1 unspecified atom stereocenters. The summed E-state index contributed by atoms with van der Waals surface area (Å²) < 4.78 is 0. The van der Waals surface area contributed by atoms with Crippen LogP contribution >= 0.6 is 0 Å². The van der Waals surface area contributed by atoms with Gasteiger partial charge in [-0.05, 0) is 58.0 Å². The van der Waals surface area contributed by atoms with Gasteiger partial charge in [0.05, 0.1) is 5.54 Å². The molecule has 150 valence electrons. The minimum absolute atomic E-state index is 0.0664. The van der Waals surface area contributed by atoms with E-state index in [-0.39, 0.29) is 29.4 Å². The molecule has 5 nitrogen and oxygen atoms in total. The minimum atomic E-state index is -0.336. The van der Waals surface area contributed by atoms with E-state index in [1.165, 1.54) is 0 Å². The first kappa shape index (κ1) is 21.2. The second kappa shape index (κ2) is 9.20. The molecule has 5 heteroatoms. The number of carbonyl (C=O) groups is 2. The Morgan fingerprint density at radius 2 is 1.62 bits per heavy atom. The van der Waals surface area contributed by atoms with Gasteiger partial charge in [0, 0.05) is 18.5 Å². The number of likely N-dealkylation sites (N-methyl/N-ethyl adjacent to an activating group) is 1. The SMILES string of the molecule is CCC(CC(=O)N[C@@H]1CCCC[C@H]1NC(=O)C1(N(C)C)CCC1)C(C)C. The van der Waals surface area contributed by atoms with Crippen LogP contribution in [0, 0.1) is 11.8 Å². The van der Waals surface area contributed by atoms with Crippen molar-refractivity contribution >= 4 is 11.8 Å². The zero-order valence-corrected chi connectivity index (χ0v) is 17.4. The summed E-state index contributed by atoms with van der Waals surface area (Å²) in [5.74, 6) is 1.24. The molecule has 0 aliphatic heterocycles. The molecule has 26 heavy (non-hydrogen) atoms. The predicted octanol–water partition coefficient (Wildman–Crippen LogP) is 3.09. The van der Waals surface area contributed by atoms with Gasteiger partial charge in [-0.3, -0.25) is 14.5 Å². The Kier molecular flexibility index (Phi) is 7.51. The molecule has 0 bridgehead atoms. The van der Waals surface area contributed by atoms with E-state index < -0.39 is 0 Å². The zero-order valence-electron chi connectivity index (χ0n) is 17.4. The Balaban J connectivity index is 1.94. The molecule has 0 saturated heterocycles. The number of rotatable bonds is 8. The second-order valence-corrected chi connectivity index (χ2v) is 8.93. The molecule has 2 N–H and O–H groups in total. The lowest BCUT2D eigenvalue weighted by Gasteiger charge is -2.47. The third-order valence-corrected chi connectivity index (χ3v) is 6.80. The number of carbonyl (C=O) groups excluding carboxylic acids is 2.